The molecule has 1 aromatic carbocycles. The topological polar surface area (TPSA) is 76.4 Å². The van der Waals surface area contributed by atoms with Crippen LogP contribution in [0, 0.1) is 6.92 Å². The first kappa shape index (κ1) is 20.4. The minimum atomic E-state index is -0.195. The highest BCUT2D eigenvalue weighted by Gasteiger charge is 2.29. The molecule has 0 N–H and O–H groups in total. The Hall–Kier alpha value is -3.55. The van der Waals surface area contributed by atoms with E-state index in [1.807, 2.05) is 54.5 Å². The Labute approximate surface area is 186 Å². The average Bonchev–Trinajstić information content (AvgIpc) is 3.44. The molecule has 2 aliphatic heterocycles. The van der Waals surface area contributed by atoms with Crippen LogP contribution in [0.2, 0.25) is 0 Å². The van der Waals surface area contributed by atoms with Crippen LogP contribution in [0.1, 0.15) is 36.1 Å². The second-order valence-electron chi connectivity index (χ2n) is 8.32. The quantitative estimate of drug-likeness (QED) is 0.631. The van der Waals surface area contributed by atoms with Crippen molar-refractivity contribution in [1.82, 2.24) is 19.2 Å². The third-order valence-electron chi connectivity index (χ3n) is 6.37. The number of benzene rings is 1. The Kier molecular flexibility index (Phi) is 5.20. The van der Waals surface area contributed by atoms with Crippen molar-refractivity contribution >= 4 is 17.5 Å². The van der Waals surface area contributed by atoms with E-state index in [2.05, 4.69) is 9.38 Å². The molecule has 166 valence electrons. The van der Waals surface area contributed by atoms with Gasteiger partial charge in [-0.05, 0) is 36.2 Å². The molecule has 2 amide bonds. The van der Waals surface area contributed by atoms with Crippen LogP contribution in [-0.4, -0.2) is 64.0 Å². The standard InChI is InChI=1S/C24H26N4O4/c1-16-4-3-7-28-20(14-25-24(16)28)19(18-5-6-21-22(12-18)32-15-31-21)13-23(30)27-10-8-26(9-11-27)17(2)29/h3-7,12,14,19H,8-11,13,15H2,1-2H3. The molecule has 32 heavy (non-hydrogen) atoms. The monoisotopic (exact) mass is 434 g/mol. The molecule has 0 radical (unpaired) electrons. The number of fused-ring (bicyclic) bond motifs is 2. The minimum absolute atomic E-state index is 0.0523. The van der Waals surface area contributed by atoms with Crippen LogP contribution in [0.4, 0.5) is 0 Å². The molecule has 8 nitrogen and oxygen atoms in total. The number of carbonyl (C=O) groups excluding carboxylic acids is 2. The van der Waals surface area contributed by atoms with Crippen molar-refractivity contribution in [3.05, 3.63) is 59.5 Å². The van der Waals surface area contributed by atoms with Gasteiger partial charge < -0.3 is 23.7 Å². The number of hydrogen-bond acceptors (Lipinski definition) is 5. The number of nitrogens with zero attached hydrogens (tertiary/aromatic N) is 4. The normalized spacial score (nSPS) is 16.4. The zero-order valence-electron chi connectivity index (χ0n) is 18.3. The summed E-state index contributed by atoms with van der Waals surface area (Å²) < 4.78 is 13.1. The number of hydrogen-bond donors (Lipinski definition) is 0. The van der Waals surface area contributed by atoms with Gasteiger partial charge in [-0.2, -0.15) is 0 Å². The molecule has 5 rings (SSSR count). The van der Waals surface area contributed by atoms with Gasteiger partial charge in [0.2, 0.25) is 18.6 Å². The van der Waals surface area contributed by atoms with Crippen LogP contribution in [0.5, 0.6) is 11.5 Å². The summed E-state index contributed by atoms with van der Waals surface area (Å²) in [4.78, 5) is 33.2. The molecule has 1 fully saturated rings. The van der Waals surface area contributed by atoms with E-state index in [1.54, 1.807) is 11.8 Å². The highest BCUT2D eigenvalue weighted by Crippen LogP contribution is 2.38. The molecule has 1 saturated heterocycles. The third kappa shape index (κ3) is 3.66. The summed E-state index contributed by atoms with van der Waals surface area (Å²) in [5, 5.41) is 0. The molecule has 0 saturated carbocycles. The first-order valence-electron chi connectivity index (χ1n) is 10.9. The van der Waals surface area contributed by atoms with Crippen molar-refractivity contribution in [3.8, 4) is 11.5 Å². The van der Waals surface area contributed by atoms with E-state index in [9.17, 15) is 9.59 Å². The Balaban J connectivity index is 1.47. The molecule has 4 heterocycles. The Morgan fingerprint density at radius 1 is 1.06 bits per heavy atom. The molecule has 1 unspecified atom stereocenters. The van der Waals surface area contributed by atoms with Crippen molar-refractivity contribution in [1.29, 1.82) is 0 Å². The van der Waals surface area contributed by atoms with Gasteiger partial charge in [-0.1, -0.05) is 12.1 Å². The SMILES string of the molecule is CC(=O)N1CCN(C(=O)CC(c2ccc3c(c2)OCO3)c2cnc3c(C)cccn23)CC1. The molecule has 3 aromatic rings. The molecule has 2 aromatic heterocycles. The van der Waals surface area contributed by atoms with Crippen LogP contribution in [-0.2, 0) is 9.59 Å². The maximum absolute atomic E-state index is 13.3. The first-order valence-corrected chi connectivity index (χ1v) is 10.9. The Bertz CT molecular complexity index is 1180. The fraction of sp³-hybridized carbons (Fsp3) is 0.375. The van der Waals surface area contributed by atoms with E-state index in [4.69, 9.17) is 9.47 Å². The molecule has 0 spiro atoms. The zero-order chi connectivity index (χ0) is 22.2. The molecular formula is C24H26N4O4. The molecule has 2 aliphatic rings. The Morgan fingerprint density at radius 3 is 2.59 bits per heavy atom. The highest BCUT2D eigenvalue weighted by atomic mass is 16.7. The number of rotatable bonds is 4. The summed E-state index contributed by atoms with van der Waals surface area (Å²) in [6, 6.07) is 9.88. The smallest absolute Gasteiger partial charge is 0.231 e. The maximum Gasteiger partial charge on any atom is 0.231 e. The lowest BCUT2D eigenvalue weighted by Crippen LogP contribution is -2.50. The second-order valence-corrected chi connectivity index (χ2v) is 8.32. The lowest BCUT2D eigenvalue weighted by atomic mass is 9.91. The van der Waals surface area contributed by atoms with Gasteiger partial charge in [-0.25, -0.2) is 4.98 Å². The number of piperazine rings is 1. The van der Waals surface area contributed by atoms with Gasteiger partial charge in [0.15, 0.2) is 11.5 Å². The first-order chi connectivity index (χ1) is 15.5. The van der Waals surface area contributed by atoms with Crippen LogP contribution in [0.15, 0.2) is 42.7 Å². The van der Waals surface area contributed by atoms with Gasteiger partial charge in [-0.3, -0.25) is 9.59 Å². The summed E-state index contributed by atoms with van der Waals surface area (Å²) in [6.45, 7) is 6.06. The van der Waals surface area contributed by atoms with E-state index in [0.717, 1.165) is 22.5 Å². The average molecular weight is 434 g/mol. The summed E-state index contributed by atoms with van der Waals surface area (Å²) in [7, 11) is 0. The molecule has 0 bridgehead atoms. The summed E-state index contributed by atoms with van der Waals surface area (Å²) in [5.74, 6) is 1.34. The summed E-state index contributed by atoms with van der Waals surface area (Å²) in [6.07, 6.45) is 4.15. The van der Waals surface area contributed by atoms with E-state index in [-0.39, 0.29) is 24.5 Å². The van der Waals surface area contributed by atoms with Gasteiger partial charge >= 0.3 is 0 Å². The second kappa shape index (κ2) is 8.18. The van der Waals surface area contributed by atoms with Gasteiger partial charge in [0.05, 0.1) is 5.69 Å². The lowest BCUT2D eigenvalue weighted by molar-refractivity contribution is -0.138. The van der Waals surface area contributed by atoms with Gasteiger partial charge in [-0.15, -0.1) is 0 Å². The number of ether oxygens (including phenoxy) is 2. The van der Waals surface area contributed by atoms with E-state index < -0.39 is 0 Å². The number of aromatic nitrogens is 2. The number of pyridine rings is 1. The zero-order valence-corrected chi connectivity index (χ0v) is 18.3. The highest BCUT2D eigenvalue weighted by molar-refractivity contribution is 5.79. The van der Waals surface area contributed by atoms with E-state index in [1.165, 1.54) is 0 Å². The van der Waals surface area contributed by atoms with Crippen LogP contribution >= 0.6 is 0 Å². The number of aryl methyl sites for hydroxylation is 1. The maximum atomic E-state index is 13.3. The summed E-state index contributed by atoms with van der Waals surface area (Å²) >= 11 is 0. The van der Waals surface area contributed by atoms with Crippen LogP contribution in [0.3, 0.4) is 0 Å². The van der Waals surface area contributed by atoms with Gasteiger partial charge in [0.25, 0.3) is 0 Å². The van der Waals surface area contributed by atoms with E-state index in [0.29, 0.717) is 44.1 Å². The number of imidazole rings is 1. The number of amides is 2. The number of carbonyl (C=O) groups is 2. The predicted molar refractivity (Wildman–Crippen MR) is 118 cm³/mol. The van der Waals surface area contributed by atoms with Crippen molar-refractivity contribution < 1.29 is 19.1 Å². The van der Waals surface area contributed by atoms with Gasteiger partial charge in [0.1, 0.15) is 5.65 Å². The van der Waals surface area contributed by atoms with Crippen LogP contribution < -0.4 is 9.47 Å². The van der Waals surface area contributed by atoms with Crippen molar-refractivity contribution in [3.63, 3.8) is 0 Å². The third-order valence-corrected chi connectivity index (χ3v) is 6.37. The van der Waals surface area contributed by atoms with Crippen molar-refractivity contribution in [2.24, 2.45) is 0 Å². The predicted octanol–water partition coefficient (Wildman–Crippen LogP) is 2.58. The molecule has 1 atom stereocenters. The molecule has 8 heteroatoms. The molecular weight excluding hydrogens is 408 g/mol. The van der Waals surface area contributed by atoms with Gasteiger partial charge in [0, 0.05) is 57.8 Å². The largest absolute Gasteiger partial charge is 0.454 e. The van der Waals surface area contributed by atoms with Crippen molar-refractivity contribution in [2.45, 2.75) is 26.2 Å². The fourth-order valence-electron chi connectivity index (χ4n) is 4.53. The fourth-order valence-corrected chi connectivity index (χ4v) is 4.53. The molecule has 0 aliphatic carbocycles. The van der Waals surface area contributed by atoms with E-state index >= 15 is 0 Å². The lowest BCUT2D eigenvalue weighted by Gasteiger charge is -2.35. The van der Waals surface area contributed by atoms with Crippen LogP contribution in [0.25, 0.3) is 5.65 Å². The minimum Gasteiger partial charge on any atom is -0.454 e. The van der Waals surface area contributed by atoms with Crippen molar-refractivity contribution in [2.75, 3.05) is 33.0 Å². The summed E-state index contributed by atoms with van der Waals surface area (Å²) in [5.41, 5.74) is 3.90. The Morgan fingerprint density at radius 2 is 1.81 bits per heavy atom.